The summed E-state index contributed by atoms with van der Waals surface area (Å²) in [5.74, 6) is 0.884. The molecule has 1 unspecified atom stereocenters. The third-order valence-corrected chi connectivity index (χ3v) is 4.62. The van der Waals surface area contributed by atoms with E-state index in [4.69, 9.17) is 9.47 Å². The zero-order valence-corrected chi connectivity index (χ0v) is 17.7. The summed E-state index contributed by atoms with van der Waals surface area (Å²) in [4.78, 5) is 14.4. The number of ether oxygens (including phenoxy) is 3. The Morgan fingerprint density at radius 2 is 1.77 bits per heavy atom. The molecular formula is C22H28F2N2O4. The van der Waals surface area contributed by atoms with Gasteiger partial charge in [0.25, 0.3) is 0 Å². The number of nitrogens with one attached hydrogen (secondary N) is 1. The van der Waals surface area contributed by atoms with E-state index in [1.165, 1.54) is 6.07 Å². The fourth-order valence-electron chi connectivity index (χ4n) is 2.82. The van der Waals surface area contributed by atoms with Crippen LogP contribution >= 0.6 is 0 Å². The van der Waals surface area contributed by atoms with Crippen LogP contribution in [0.4, 0.5) is 8.78 Å². The zero-order valence-electron chi connectivity index (χ0n) is 17.7. The highest BCUT2D eigenvalue weighted by atomic mass is 19.3. The van der Waals surface area contributed by atoms with Crippen molar-refractivity contribution in [3.63, 3.8) is 0 Å². The fraction of sp³-hybridized carbons (Fsp3) is 0.409. The van der Waals surface area contributed by atoms with E-state index in [0.29, 0.717) is 19.7 Å². The standard InChI is InChI=1S/C22H28F2N2O4/c1-5-29-20-12-17(8-11-19(20)30-22(23)24)14-26(3)15(2)21(27)25-13-16-6-9-18(28-4)10-7-16/h6-12,15,22H,5,13-14H2,1-4H3,(H,25,27). The summed E-state index contributed by atoms with van der Waals surface area (Å²) < 4.78 is 40.1. The first-order valence-electron chi connectivity index (χ1n) is 9.65. The van der Waals surface area contributed by atoms with Gasteiger partial charge in [0.2, 0.25) is 5.91 Å². The molecule has 1 N–H and O–H groups in total. The van der Waals surface area contributed by atoms with Gasteiger partial charge in [0.15, 0.2) is 11.5 Å². The first kappa shape index (κ1) is 23.4. The predicted molar refractivity (Wildman–Crippen MR) is 110 cm³/mol. The van der Waals surface area contributed by atoms with E-state index in [0.717, 1.165) is 16.9 Å². The maximum absolute atomic E-state index is 12.5. The number of carbonyl (C=O) groups excluding carboxylic acids is 1. The van der Waals surface area contributed by atoms with Crippen molar-refractivity contribution in [2.24, 2.45) is 0 Å². The summed E-state index contributed by atoms with van der Waals surface area (Å²) in [6.45, 7) is 1.82. The van der Waals surface area contributed by atoms with Crippen LogP contribution in [0.25, 0.3) is 0 Å². The minimum Gasteiger partial charge on any atom is -0.497 e. The SMILES string of the molecule is CCOc1cc(CN(C)C(C)C(=O)NCc2ccc(OC)cc2)ccc1OC(F)F. The van der Waals surface area contributed by atoms with Crippen molar-refractivity contribution >= 4 is 5.91 Å². The largest absolute Gasteiger partial charge is 0.497 e. The number of benzene rings is 2. The highest BCUT2D eigenvalue weighted by Gasteiger charge is 2.19. The van der Waals surface area contributed by atoms with E-state index in [2.05, 4.69) is 10.1 Å². The van der Waals surface area contributed by atoms with Gasteiger partial charge in [-0.2, -0.15) is 8.78 Å². The third-order valence-electron chi connectivity index (χ3n) is 4.62. The first-order valence-corrected chi connectivity index (χ1v) is 9.65. The lowest BCUT2D eigenvalue weighted by Gasteiger charge is -2.24. The van der Waals surface area contributed by atoms with Gasteiger partial charge in [0.1, 0.15) is 5.75 Å². The molecule has 6 nitrogen and oxygen atoms in total. The van der Waals surface area contributed by atoms with Crippen molar-refractivity contribution in [1.82, 2.24) is 10.2 Å². The lowest BCUT2D eigenvalue weighted by atomic mass is 10.1. The van der Waals surface area contributed by atoms with Crippen LogP contribution < -0.4 is 19.5 Å². The average molecular weight is 422 g/mol. The molecule has 8 heteroatoms. The Bertz CT molecular complexity index is 815. The Hall–Kier alpha value is -2.87. The molecule has 0 radical (unpaired) electrons. The van der Waals surface area contributed by atoms with Crippen molar-refractivity contribution in [2.75, 3.05) is 20.8 Å². The van der Waals surface area contributed by atoms with Crippen LogP contribution in [-0.4, -0.2) is 44.2 Å². The number of likely N-dealkylation sites (N-methyl/N-ethyl adjacent to an activating group) is 1. The fourth-order valence-corrected chi connectivity index (χ4v) is 2.82. The number of alkyl halides is 2. The molecule has 0 spiro atoms. The molecule has 0 saturated heterocycles. The second-order valence-electron chi connectivity index (χ2n) is 6.75. The van der Waals surface area contributed by atoms with Crippen LogP contribution in [-0.2, 0) is 17.9 Å². The number of hydrogen-bond acceptors (Lipinski definition) is 5. The van der Waals surface area contributed by atoms with Gasteiger partial charge in [0, 0.05) is 13.1 Å². The molecule has 1 atom stereocenters. The maximum atomic E-state index is 12.5. The van der Waals surface area contributed by atoms with Gasteiger partial charge >= 0.3 is 6.61 Å². The molecule has 2 rings (SSSR count). The van der Waals surface area contributed by atoms with Crippen LogP contribution in [0.2, 0.25) is 0 Å². The summed E-state index contributed by atoms with van der Waals surface area (Å²) in [7, 11) is 3.42. The van der Waals surface area contributed by atoms with Gasteiger partial charge in [-0.05, 0) is 56.3 Å². The minimum atomic E-state index is -2.92. The van der Waals surface area contributed by atoms with Crippen molar-refractivity contribution in [1.29, 1.82) is 0 Å². The Labute approximate surface area is 175 Å². The number of amides is 1. The molecule has 0 aliphatic carbocycles. The number of halogens is 2. The summed E-state index contributed by atoms with van der Waals surface area (Å²) in [6.07, 6.45) is 0. The van der Waals surface area contributed by atoms with Gasteiger partial charge in [-0.25, -0.2) is 0 Å². The molecule has 164 valence electrons. The molecule has 0 heterocycles. The van der Waals surface area contributed by atoms with Crippen LogP contribution in [0.1, 0.15) is 25.0 Å². The van der Waals surface area contributed by atoms with Crippen molar-refractivity contribution in [3.8, 4) is 17.2 Å². The third kappa shape index (κ3) is 6.88. The van der Waals surface area contributed by atoms with Crippen LogP contribution in [0.3, 0.4) is 0 Å². The molecule has 0 fully saturated rings. The molecule has 0 aliphatic heterocycles. The lowest BCUT2D eigenvalue weighted by Crippen LogP contribution is -2.42. The van der Waals surface area contributed by atoms with Gasteiger partial charge < -0.3 is 19.5 Å². The quantitative estimate of drug-likeness (QED) is 0.596. The highest BCUT2D eigenvalue weighted by Crippen LogP contribution is 2.30. The topological polar surface area (TPSA) is 60.0 Å². The molecule has 0 aromatic heterocycles. The minimum absolute atomic E-state index is 0.0106. The van der Waals surface area contributed by atoms with E-state index in [-0.39, 0.29) is 17.4 Å². The van der Waals surface area contributed by atoms with E-state index in [1.807, 2.05) is 36.2 Å². The molecule has 1 amide bonds. The lowest BCUT2D eigenvalue weighted by molar-refractivity contribution is -0.125. The van der Waals surface area contributed by atoms with E-state index >= 15 is 0 Å². The van der Waals surface area contributed by atoms with Crippen molar-refractivity contribution in [2.45, 2.75) is 39.6 Å². The molecular weight excluding hydrogens is 394 g/mol. The summed E-state index contributed by atoms with van der Waals surface area (Å²) in [5, 5.41) is 2.92. The van der Waals surface area contributed by atoms with E-state index in [1.54, 1.807) is 33.1 Å². The molecule has 0 bridgehead atoms. The molecule has 2 aromatic rings. The average Bonchev–Trinajstić information content (AvgIpc) is 2.73. The Kier molecular flexibility index (Phi) is 8.86. The summed E-state index contributed by atoms with van der Waals surface area (Å²) in [6, 6.07) is 11.9. The van der Waals surface area contributed by atoms with E-state index < -0.39 is 12.7 Å². The monoisotopic (exact) mass is 422 g/mol. The zero-order chi connectivity index (χ0) is 22.1. The number of nitrogens with zero attached hydrogens (tertiary/aromatic N) is 1. The molecule has 30 heavy (non-hydrogen) atoms. The molecule has 0 saturated carbocycles. The second kappa shape index (κ2) is 11.3. The predicted octanol–water partition coefficient (Wildman–Crippen LogP) is 3.83. The van der Waals surface area contributed by atoms with Crippen LogP contribution in [0.15, 0.2) is 42.5 Å². The Balaban J connectivity index is 1.95. The normalized spacial score (nSPS) is 12.0. The summed E-state index contributed by atoms with van der Waals surface area (Å²) >= 11 is 0. The maximum Gasteiger partial charge on any atom is 0.387 e. The number of hydrogen-bond donors (Lipinski definition) is 1. The van der Waals surface area contributed by atoms with Crippen LogP contribution in [0, 0.1) is 0 Å². The van der Waals surface area contributed by atoms with Gasteiger partial charge in [-0.15, -0.1) is 0 Å². The number of rotatable bonds is 11. The smallest absolute Gasteiger partial charge is 0.387 e. The first-order chi connectivity index (χ1) is 14.3. The molecule has 0 aliphatic rings. The summed E-state index contributed by atoms with van der Waals surface area (Å²) in [5.41, 5.74) is 1.78. The van der Waals surface area contributed by atoms with Crippen molar-refractivity contribution < 1.29 is 27.8 Å². The van der Waals surface area contributed by atoms with Gasteiger partial charge in [-0.1, -0.05) is 18.2 Å². The van der Waals surface area contributed by atoms with Crippen molar-refractivity contribution in [3.05, 3.63) is 53.6 Å². The Morgan fingerprint density at radius 1 is 1.10 bits per heavy atom. The number of carbonyl (C=O) groups is 1. The number of methoxy groups -OCH3 is 1. The second-order valence-corrected chi connectivity index (χ2v) is 6.75. The van der Waals surface area contributed by atoms with Gasteiger partial charge in [-0.3, -0.25) is 9.69 Å². The molecule has 2 aromatic carbocycles. The van der Waals surface area contributed by atoms with Gasteiger partial charge in [0.05, 0.1) is 19.8 Å². The van der Waals surface area contributed by atoms with Crippen LogP contribution in [0.5, 0.6) is 17.2 Å². The van der Waals surface area contributed by atoms with E-state index in [9.17, 15) is 13.6 Å². The highest BCUT2D eigenvalue weighted by molar-refractivity contribution is 5.81. The Morgan fingerprint density at radius 3 is 2.37 bits per heavy atom.